The first kappa shape index (κ1) is 27.0. The van der Waals surface area contributed by atoms with Crippen LogP contribution in [0.5, 0.6) is 5.75 Å². The van der Waals surface area contributed by atoms with Crippen LogP contribution >= 0.6 is 11.6 Å². The molecule has 0 radical (unpaired) electrons. The Balaban J connectivity index is 1.65. The zero-order valence-electron chi connectivity index (χ0n) is 21.3. The van der Waals surface area contributed by atoms with E-state index in [-0.39, 0.29) is 31.3 Å². The third kappa shape index (κ3) is 7.46. The van der Waals surface area contributed by atoms with E-state index < -0.39 is 6.04 Å². The van der Waals surface area contributed by atoms with E-state index >= 15 is 0 Å². The largest absolute Gasteiger partial charge is 0.497 e. The Kier molecular flexibility index (Phi) is 9.54. The summed E-state index contributed by atoms with van der Waals surface area (Å²) in [6, 6.07) is 33.6. The SMILES string of the molecule is COc1ccc(CN(C(=O)Cc2ccccc2)[C@H](Cc2ccccc2)C(=O)NCc2ccccc2Cl)cc1. The summed E-state index contributed by atoms with van der Waals surface area (Å²) in [7, 11) is 1.61. The molecule has 6 heteroatoms. The number of halogens is 1. The lowest BCUT2D eigenvalue weighted by molar-refractivity contribution is -0.140. The lowest BCUT2D eigenvalue weighted by atomic mass is 10.0. The van der Waals surface area contributed by atoms with Crippen LogP contribution in [0.2, 0.25) is 5.02 Å². The van der Waals surface area contributed by atoms with E-state index in [4.69, 9.17) is 16.3 Å². The van der Waals surface area contributed by atoms with Crippen LogP contribution in [0.4, 0.5) is 0 Å². The van der Waals surface area contributed by atoms with Gasteiger partial charge in [0.15, 0.2) is 0 Å². The Morgan fingerprint density at radius 3 is 2.03 bits per heavy atom. The lowest BCUT2D eigenvalue weighted by Gasteiger charge is -2.32. The van der Waals surface area contributed by atoms with E-state index in [9.17, 15) is 9.59 Å². The van der Waals surface area contributed by atoms with Gasteiger partial charge in [0.25, 0.3) is 0 Å². The first-order chi connectivity index (χ1) is 18.5. The molecule has 0 aliphatic carbocycles. The van der Waals surface area contributed by atoms with E-state index in [1.165, 1.54) is 0 Å². The predicted molar refractivity (Wildman–Crippen MR) is 151 cm³/mol. The fourth-order valence-corrected chi connectivity index (χ4v) is 4.50. The molecule has 2 amide bonds. The maximum Gasteiger partial charge on any atom is 0.243 e. The quantitative estimate of drug-likeness (QED) is 0.267. The van der Waals surface area contributed by atoms with Crippen molar-refractivity contribution in [3.63, 3.8) is 0 Å². The fraction of sp³-hybridized carbons (Fsp3) is 0.188. The summed E-state index contributed by atoms with van der Waals surface area (Å²) in [5, 5.41) is 3.61. The molecule has 0 aromatic heterocycles. The summed E-state index contributed by atoms with van der Waals surface area (Å²) in [4.78, 5) is 29.2. The molecule has 0 bridgehead atoms. The summed E-state index contributed by atoms with van der Waals surface area (Å²) < 4.78 is 5.29. The number of rotatable bonds is 11. The number of ether oxygens (including phenoxy) is 1. The van der Waals surface area contributed by atoms with Crippen molar-refractivity contribution in [3.05, 3.63) is 136 Å². The average Bonchev–Trinajstić information content (AvgIpc) is 2.95. The summed E-state index contributed by atoms with van der Waals surface area (Å²) in [5.74, 6) is 0.374. The topological polar surface area (TPSA) is 58.6 Å². The molecule has 1 atom stereocenters. The molecule has 4 aromatic carbocycles. The lowest BCUT2D eigenvalue weighted by Crippen LogP contribution is -2.50. The monoisotopic (exact) mass is 526 g/mol. The van der Waals surface area contributed by atoms with Gasteiger partial charge >= 0.3 is 0 Å². The average molecular weight is 527 g/mol. The number of carbonyl (C=O) groups excluding carboxylic acids is 2. The molecule has 0 saturated heterocycles. The summed E-state index contributed by atoms with van der Waals surface area (Å²) in [6.45, 7) is 0.555. The number of benzene rings is 4. The van der Waals surface area contributed by atoms with E-state index in [0.717, 1.165) is 28.0 Å². The molecule has 0 heterocycles. The minimum Gasteiger partial charge on any atom is -0.497 e. The second-order valence-electron chi connectivity index (χ2n) is 9.05. The molecular weight excluding hydrogens is 496 g/mol. The Morgan fingerprint density at radius 2 is 1.39 bits per heavy atom. The second-order valence-corrected chi connectivity index (χ2v) is 9.45. The van der Waals surface area contributed by atoms with Gasteiger partial charge in [-0.15, -0.1) is 0 Å². The minimum atomic E-state index is -0.724. The van der Waals surface area contributed by atoms with Gasteiger partial charge in [0.05, 0.1) is 13.5 Å². The maximum atomic E-state index is 13.8. The van der Waals surface area contributed by atoms with Crippen molar-refractivity contribution in [2.75, 3.05) is 7.11 Å². The molecule has 4 rings (SSSR count). The van der Waals surface area contributed by atoms with Crippen molar-refractivity contribution in [3.8, 4) is 5.75 Å². The van der Waals surface area contributed by atoms with Gasteiger partial charge in [-0.25, -0.2) is 0 Å². The summed E-state index contributed by atoms with van der Waals surface area (Å²) in [5.41, 5.74) is 3.59. The van der Waals surface area contributed by atoms with Crippen LogP contribution in [0.3, 0.4) is 0 Å². The minimum absolute atomic E-state index is 0.124. The van der Waals surface area contributed by atoms with E-state index in [2.05, 4.69) is 5.32 Å². The van der Waals surface area contributed by atoms with E-state index in [0.29, 0.717) is 11.4 Å². The highest BCUT2D eigenvalue weighted by Gasteiger charge is 2.30. The smallest absolute Gasteiger partial charge is 0.243 e. The van der Waals surface area contributed by atoms with Crippen LogP contribution in [0.15, 0.2) is 109 Å². The zero-order chi connectivity index (χ0) is 26.7. The molecule has 0 aliphatic rings. The highest BCUT2D eigenvalue weighted by Crippen LogP contribution is 2.20. The van der Waals surface area contributed by atoms with Crippen LogP contribution in [0.1, 0.15) is 22.3 Å². The van der Waals surface area contributed by atoms with Crippen molar-refractivity contribution in [2.45, 2.75) is 32.0 Å². The highest BCUT2D eigenvalue weighted by atomic mass is 35.5. The third-order valence-corrected chi connectivity index (χ3v) is 6.76. The fourth-order valence-electron chi connectivity index (χ4n) is 4.30. The van der Waals surface area contributed by atoms with Crippen LogP contribution < -0.4 is 10.1 Å². The number of hydrogen-bond acceptors (Lipinski definition) is 3. The number of nitrogens with one attached hydrogen (secondary N) is 1. The van der Waals surface area contributed by atoms with Crippen LogP contribution in [0.25, 0.3) is 0 Å². The molecule has 0 spiro atoms. The number of carbonyl (C=O) groups is 2. The number of hydrogen-bond donors (Lipinski definition) is 1. The van der Waals surface area contributed by atoms with Gasteiger partial charge in [-0.1, -0.05) is 103 Å². The number of amides is 2. The van der Waals surface area contributed by atoms with E-state index in [1.807, 2.05) is 103 Å². The maximum absolute atomic E-state index is 13.8. The second kappa shape index (κ2) is 13.5. The van der Waals surface area contributed by atoms with Crippen LogP contribution in [-0.4, -0.2) is 29.9 Å². The molecule has 5 nitrogen and oxygen atoms in total. The normalized spacial score (nSPS) is 11.4. The van der Waals surface area contributed by atoms with Crippen molar-refractivity contribution in [1.29, 1.82) is 0 Å². The Bertz CT molecular complexity index is 1330. The third-order valence-electron chi connectivity index (χ3n) is 6.39. The van der Waals surface area contributed by atoms with Gasteiger partial charge in [-0.3, -0.25) is 9.59 Å². The highest BCUT2D eigenvalue weighted by molar-refractivity contribution is 6.31. The summed E-state index contributed by atoms with van der Waals surface area (Å²) in [6.07, 6.45) is 0.575. The van der Waals surface area contributed by atoms with Crippen LogP contribution in [0, 0.1) is 0 Å². The van der Waals surface area contributed by atoms with Gasteiger partial charge < -0.3 is 15.0 Å². The predicted octanol–water partition coefficient (Wildman–Crippen LogP) is 5.85. The van der Waals surface area contributed by atoms with Crippen molar-refractivity contribution < 1.29 is 14.3 Å². The standard InChI is InChI=1S/C32H31ClN2O3/c1-38-28-18-16-26(17-19-28)23-35(31(36)21-25-12-6-3-7-13-25)30(20-24-10-4-2-5-11-24)32(37)34-22-27-14-8-9-15-29(27)33/h2-19,30H,20-23H2,1H3,(H,34,37)/t30-/m1/s1. The van der Waals surface area contributed by atoms with Gasteiger partial charge in [0, 0.05) is 24.5 Å². The number of methoxy groups -OCH3 is 1. The Labute approximate surface area is 229 Å². The molecule has 0 unspecified atom stereocenters. The molecule has 0 fully saturated rings. The zero-order valence-corrected chi connectivity index (χ0v) is 22.1. The van der Waals surface area contributed by atoms with Gasteiger partial charge in [0.1, 0.15) is 11.8 Å². The molecule has 194 valence electrons. The molecular formula is C32H31ClN2O3. The molecule has 0 aliphatic heterocycles. The molecule has 0 saturated carbocycles. The first-order valence-corrected chi connectivity index (χ1v) is 12.9. The van der Waals surface area contributed by atoms with Gasteiger partial charge in [0.2, 0.25) is 11.8 Å². The summed E-state index contributed by atoms with van der Waals surface area (Å²) >= 11 is 6.33. The molecule has 4 aromatic rings. The molecule has 1 N–H and O–H groups in total. The van der Waals surface area contributed by atoms with Gasteiger partial charge in [-0.05, 0) is 40.5 Å². The van der Waals surface area contributed by atoms with Gasteiger partial charge in [-0.2, -0.15) is 0 Å². The van der Waals surface area contributed by atoms with E-state index in [1.54, 1.807) is 18.1 Å². The van der Waals surface area contributed by atoms with Crippen molar-refractivity contribution >= 4 is 23.4 Å². The number of nitrogens with zero attached hydrogens (tertiary/aromatic N) is 1. The first-order valence-electron chi connectivity index (χ1n) is 12.5. The van der Waals surface area contributed by atoms with Crippen molar-refractivity contribution in [2.24, 2.45) is 0 Å². The Morgan fingerprint density at radius 1 is 0.789 bits per heavy atom. The van der Waals surface area contributed by atoms with Crippen molar-refractivity contribution in [1.82, 2.24) is 10.2 Å². The van der Waals surface area contributed by atoms with Crippen LogP contribution in [-0.2, 0) is 35.5 Å². The Hall–Kier alpha value is -4.09. The molecule has 38 heavy (non-hydrogen) atoms.